The number of amides is 2. The van der Waals surface area contributed by atoms with Crippen molar-refractivity contribution in [2.75, 3.05) is 17.2 Å². The molecular weight excluding hydrogens is 378 g/mol. The summed E-state index contributed by atoms with van der Waals surface area (Å²) in [7, 11) is 0. The molecule has 1 heterocycles. The summed E-state index contributed by atoms with van der Waals surface area (Å²) in [6.45, 7) is 0.472. The molecule has 1 aliphatic rings. The monoisotopic (exact) mass is 405 g/mol. The van der Waals surface area contributed by atoms with E-state index in [0.717, 1.165) is 23.8 Å². The van der Waals surface area contributed by atoms with Crippen molar-refractivity contribution in [3.8, 4) is 0 Å². The second kappa shape index (κ2) is 9.48. The predicted molar refractivity (Wildman–Crippen MR) is 120 cm³/mol. The summed E-state index contributed by atoms with van der Waals surface area (Å²) in [4.78, 5) is 25.2. The number of hydrogen-bond donors (Lipinski definition) is 3. The summed E-state index contributed by atoms with van der Waals surface area (Å²) >= 11 is 0. The van der Waals surface area contributed by atoms with E-state index < -0.39 is 11.7 Å². The van der Waals surface area contributed by atoms with Gasteiger partial charge >= 0.3 is 11.7 Å². The van der Waals surface area contributed by atoms with Crippen LogP contribution in [0.2, 0.25) is 0 Å². The molecule has 0 bridgehead atoms. The van der Waals surface area contributed by atoms with Crippen molar-refractivity contribution in [3.63, 3.8) is 0 Å². The molecule has 4 rings (SSSR count). The van der Waals surface area contributed by atoms with Gasteiger partial charge in [0.05, 0.1) is 5.69 Å². The third-order valence-corrected chi connectivity index (χ3v) is 5.55. The maximum Gasteiger partial charge on any atom is 0.362 e. The van der Waals surface area contributed by atoms with Crippen molar-refractivity contribution >= 4 is 28.4 Å². The highest BCUT2D eigenvalue weighted by molar-refractivity contribution is 6.01. The van der Waals surface area contributed by atoms with E-state index in [-0.39, 0.29) is 11.7 Å². The highest BCUT2D eigenvalue weighted by Gasteiger charge is 2.21. The van der Waals surface area contributed by atoms with E-state index in [9.17, 15) is 9.59 Å². The van der Waals surface area contributed by atoms with Gasteiger partial charge in [-0.2, -0.15) is 0 Å². The van der Waals surface area contributed by atoms with Gasteiger partial charge in [0.1, 0.15) is 5.58 Å². The minimum atomic E-state index is -0.551. The molecule has 3 aromatic rings. The topological polar surface area (TPSA) is 83.4 Å². The smallest absolute Gasteiger partial charge is 0.362 e. The number of fused-ring (bicyclic) bond motifs is 1. The molecule has 0 atom stereocenters. The van der Waals surface area contributed by atoms with Gasteiger partial charge in [-0.15, -0.1) is 0 Å². The fourth-order valence-corrected chi connectivity index (χ4v) is 3.99. The fourth-order valence-electron chi connectivity index (χ4n) is 3.99. The average Bonchev–Trinajstić information content (AvgIpc) is 2.77. The molecule has 0 saturated heterocycles. The number of carbonyl (C=O) groups is 1. The summed E-state index contributed by atoms with van der Waals surface area (Å²) in [5.74, 6) is 0. The van der Waals surface area contributed by atoms with Crippen molar-refractivity contribution in [3.05, 3.63) is 70.6 Å². The summed E-state index contributed by atoms with van der Waals surface area (Å²) in [5.41, 5.74) is 1.91. The zero-order valence-electron chi connectivity index (χ0n) is 16.9. The van der Waals surface area contributed by atoms with Crippen molar-refractivity contribution in [2.24, 2.45) is 0 Å². The number of carbonyl (C=O) groups excluding carboxylic acids is 1. The highest BCUT2D eigenvalue weighted by atomic mass is 16.4. The summed E-state index contributed by atoms with van der Waals surface area (Å²) in [6.07, 6.45) is 6.40. The molecule has 0 aliphatic heterocycles. The molecule has 3 N–H and O–H groups in total. The van der Waals surface area contributed by atoms with Gasteiger partial charge in [0.15, 0.2) is 5.69 Å². The number of nitrogens with one attached hydrogen (secondary N) is 3. The lowest BCUT2D eigenvalue weighted by Crippen LogP contribution is -2.33. The van der Waals surface area contributed by atoms with E-state index in [4.69, 9.17) is 4.42 Å². The molecule has 1 fully saturated rings. The first kappa shape index (κ1) is 20.0. The standard InChI is InChI=1S/C24H27N3O3/c28-23-22(27-24(29)25-16-15-17-9-3-1-4-10-17)21(26-18-11-5-2-6-12-18)19-13-7-8-14-20(19)30-23/h1,3-4,7-10,13-14,18,26H,2,5-6,11-12,15-16H2,(H2,25,27,29). The quantitative estimate of drug-likeness (QED) is 0.509. The lowest BCUT2D eigenvalue weighted by molar-refractivity contribution is 0.252. The van der Waals surface area contributed by atoms with Gasteiger partial charge in [-0.05, 0) is 37.0 Å². The van der Waals surface area contributed by atoms with Crippen LogP contribution in [0.1, 0.15) is 37.7 Å². The number of urea groups is 1. The fraction of sp³-hybridized carbons (Fsp3) is 0.333. The maximum atomic E-state index is 12.7. The van der Waals surface area contributed by atoms with Crippen LogP contribution in [-0.2, 0) is 6.42 Å². The van der Waals surface area contributed by atoms with Gasteiger partial charge in [-0.3, -0.25) is 5.32 Å². The third kappa shape index (κ3) is 4.82. The largest absolute Gasteiger partial charge is 0.421 e. The van der Waals surface area contributed by atoms with Crippen molar-refractivity contribution in [2.45, 2.75) is 44.6 Å². The Balaban J connectivity index is 1.52. The summed E-state index contributed by atoms with van der Waals surface area (Å²) in [5, 5.41) is 9.87. The number of anilines is 2. The Morgan fingerprint density at radius 2 is 1.67 bits per heavy atom. The van der Waals surface area contributed by atoms with Crippen molar-refractivity contribution < 1.29 is 9.21 Å². The van der Waals surface area contributed by atoms with Gasteiger partial charge < -0.3 is 15.1 Å². The van der Waals surface area contributed by atoms with E-state index in [1.54, 1.807) is 6.07 Å². The Labute approximate surface area is 175 Å². The molecule has 0 radical (unpaired) electrons. The number of hydrogen-bond acceptors (Lipinski definition) is 4. The Morgan fingerprint density at radius 1 is 0.933 bits per heavy atom. The summed E-state index contributed by atoms with van der Waals surface area (Å²) < 4.78 is 5.46. The molecule has 6 heteroatoms. The van der Waals surface area contributed by atoms with Crippen molar-refractivity contribution in [1.29, 1.82) is 0 Å². The molecule has 1 aliphatic carbocycles. The molecule has 0 spiro atoms. The lowest BCUT2D eigenvalue weighted by atomic mass is 9.95. The van der Waals surface area contributed by atoms with E-state index in [0.29, 0.717) is 24.2 Å². The SMILES string of the molecule is O=C(NCCc1ccccc1)Nc1c(NC2CCCCC2)c2ccccc2oc1=O. The molecule has 0 unspecified atom stereocenters. The molecule has 2 amide bonds. The Morgan fingerprint density at radius 3 is 2.47 bits per heavy atom. The first-order valence-electron chi connectivity index (χ1n) is 10.6. The van der Waals surface area contributed by atoms with Gasteiger partial charge in [-0.25, -0.2) is 9.59 Å². The first-order valence-corrected chi connectivity index (χ1v) is 10.6. The number of benzene rings is 2. The highest BCUT2D eigenvalue weighted by Crippen LogP contribution is 2.31. The normalized spacial score (nSPS) is 14.4. The van der Waals surface area contributed by atoms with Crippen LogP contribution in [0.5, 0.6) is 0 Å². The van der Waals surface area contributed by atoms with Crippen LogP contribution in [0.4, 0.5) is 16.2 Å². The molecule has 6 nitrogen and oxygen atoms in total. The van der Waals surface area contributed by atoms with Crippen LogP contribution in [0, 0.1) is 0 Å². The van der Waals surface area contributed by atoms with Crippen LogP contribution >= 0.6 is 0 Å². The minimum Gasteiger partial charge on any atom is -0.421 e. The first-order chi connectivity index (χ1) is 14.7. The maximum absolute atomic E-state index is 12.7. The second-order valence-corrected chi connectivity index (χ2v) is 7.73. The Hall–Kier alpha value is -3.28. The minimum absolute atomic E-state index is 0.163. The van der Waals surface area contributed by atoms with Crippen LogP contribution in [0.15, 0.2) is 63.8 Å². The van der Waals surface area contributed by atoms with E-state index in [2.05, 4.69) is 16.0 Å². The van der Waals surface area contributed by atoms with Gasteiger partial charge in [0.2, 0.25) is 0 Å². The number of para-hydroxylation sites is 1. The van der Waals surface area contributed by atoms with Crippen LogP contribution in [-0.4, -0.2) is 18.6 Å². The third-order valence-electron chi connectivity index (χ3n) is 5.55. The zero-order valence-corrected chi connectivity index (χ0v) is 16.9. The second-order valence-electron chi connectivity index (χ2n) is 7.73. The average molecular weight is 405 g/mol. The Kier molecular flexibility index (Phi) is 6.32. The zero-order chi connectivity index (χ0) is 20.8. The molecule has 1 aromatic heterocycles. The summed E-state index contributed by atoms with van der Waals surface area (Å²) in [6, 6.07) is 17.2. The van der Waals surface area contributed by atoms with E-state index in [1.807, 2.05) is 48.5 Å². The van der Waals surface area contributed by atoms with Crippen LogP contribution < -0.4 is 21.6 Å². The molecular formula is C24H27N3O3. The molecule has 156 valence electrons. The van der Waals surface area contributed by atoms with Crippen molar-refractivity contribution in [1.82, 2.24) is 5.32 Å². The Bertz CT molecular complexity index is 1060. The van der Waals surface area contributed by atoms with Gasteiger partial charge in [-0.1, -0.05) is 61.7 Å². The molecule has 2 aromatic carbocycles. The molecule has 1 saturated carbocycles. The van der Waals surface area contributed by atoms with Crippen LogP contribution in [0.3, 0.4) is 0 Å². The molecule has 30 heavy (non-hydrogen) atoms. The van der Waals surface area contributed by atoms with Gasteiger partial charge in [0, 0.05) is 18.0 Å². The number of rotatable bonds is 6. The van der Waals surface area contributed by atoms with Gasteiger partial charge in [0.25, 0.3) is 0 Å². The predicted octanol–water partition coefficient (Wildman–Crippen LogP) is 4.90. The lowest BCUT2D eigenvalue weighted by Gasteiger charge is -2.25. The van der Waals surface area contributed by atoms with Crippen LogP contribution in [0.25, 0.3) is 11.0 Å². The van der Waals surface area contributed by atoms with E-state index >= 15 is 0 Å². The van der Waals surface area contributed by atoms with E-state index in [1.165, 1.54) is 19.3 Å².